The van der Waals surface area contributed by atoms with Gasteiger partial charge in [-0.25, -0.2) is 9.97 Å². The van der Waals surface area contributed by atoms with Crippen molar-refractivity contribution in [1.82, 2.24) is 14.9 Å². The molecule has 1 aliphatic heterocycles. The Labute approximate surface area is 101 Å². The molecule has 1 saturated heterocycles. The van der Waals surface area contributed by atoms with E-state index >= 15 is 0 Å². The number of hydrogen-bond donors (Lipinski definition) is 1. The van der Waals surface area contributed by atoms with Gasteiger partial charge in [0.1, 0.15) is 0 Å². The molecule has 2 heterocycles. The number of hydrogen-bond acceptors (Lipinski definition) is 5. The summed E-state index contributed by atoms with van der Waals surface area (Å²) >= 11 is 0. The van der Waals surface area contributed by atoms with Gasteiger partial charge in [0.2, 0.25) is 5.95 Å². The highest BCUT2D eigenvalue weighted by molar-refractivity contribution is 5.30. The van der Waals surface area contributed by atoms with Crippen LogP contribution in [-0.4, -0.2) is 52.2 Å². The van der Waals surface area contributed by atoms with Gasteiger partial charge in [-0.15, -0.1) is 0 Å². The van der Waals surface area contributed by atoms with E-state index in [1.165, 1.54) is 12.8 Å². The number of aliphatic hydroxyl groups excluding tert-OH is 1. The zero-order valence-corrected chi connectivity index (χ0v) is 9.92. The van der Waals surface area contributed by atoms with Gasteiger partial charge in [-0.05, 0) is 12.8 Å². The molecule has 0 atom stereocenters. The molecule has 0 spiro atoms. The van der Waals surface area contributed by atoms with E-state index in [1.54, 1.807) is 12.4 Å². The van der Waals surface area contributed by atoms with E-state index in [1.807, 2.05) is 0 Å². The van der Waals surface area contributed by atoms with Crippen molar-refractivity contribution in [3.8, 4) is 0 Å². The topological polar surface area (TPSA) is 52.5 Å². The molecule has 1 N–H and O–H groups in total. The molecule has 2 aliphatic rings. The summed E-state index contributed by atoms with van der Waals surface area (Å²) in [6.07, 6.45) is 6.16. The summed E-state index contributed by atoms with van der Waals surface area (Å²) in [6, 6.07) is 0.856. The summed E-state index contributed by atoms with van der Waals surface area (Å²) < 4.78 is 0. The monoisotopic (exact) mass is 234 g/mol. The maximum atomic E-state index is 8.94. The van der Waals surface area contributed by atoms with E-state index in [0.29, 0.717) is 0 Å². The second-order valence-corrected chi connectivity index (χ2v) is 4.80. The molecule has 5 heteroatoms. The van der Waals surface area contributed by atoms with Crippen LogP contribution >= 0.6 is 0 Å². The fourth-order valence-electron chi connectivity index (χ4n) is 2.32. The molecule has 1 aliphatic carbocycles. The van der Waals surface area contributed by atoms with Gasteiger partial charge in [-0.2, -0.15) is 0 Å². The zero-order chi connectivity index (χ0) is 11.7. The van der Waals surface area contributed by atoms with E-state index in [0.717, 1.165) is 43.7 Å². The van der Waals surface area contributed by atoms with Gasteiger partial charge in [-0.3, -0.25) is 4.90 Å². The third-order valence-corrected chi connectivity index (χ3v) is 3.53. The van der Waals surface area contributed by atoms with Gasteiger partial charge >= 0.3 is 0 Å². The maximum absolute atomic E-state index is 8.94. The SMILES string of the molecule is OCc1cnc(N2CCN(C3CC3)CC2)nc1. The first-order valence-electron chi connectivity index (χ1n) is 6.27. The molecule has 0 radical (unpaired) electrons. The Bertz CT molecular complexity index is 369. The number of anilines is 1. The van der Waals surface area contributed by atoms with Crippen LogP contribution in [0.2, 0.25) is 0 Å². The molecule has 3 rings (SSSR count). The summed E-state index contributed by atoms with van der Waals surface area (Å²) in [4.78, 5) is 13.4. The van der Waals surface area contributed by atoms with Crippen molar-refractivity contribution in [2.24, 2.45) is 0 Å². The smallest absolute Gasteiger partial charge is 0.225 e. The van der Waals surface area contributed by atoms with Crippen LogP contribution in [0.1, 0.15) is 18.4 Å². The van der Waals surface area contributed by atoms with E-state index in [9.17, 15) is 0 Å². The summed E-state index contributed by atoms with van der Waals surface area (Å²) in [6.45, 7) is 4.27. The number of aromatic nitrogens is 2. The third kappa shape index (κ3) is 2.40. The second-order valence-electron chi connectivity index (χ2n) is 4.80. The summed E-state index contributed by atoms with van der Waals surface area (Å²) in [7, 11) is 0. The fraction of sp³-hybridized carbons (Fsp3) is 0.667. The molecule has 1 saturated carbocycles. The Morgan fingerprint density at radius 2 is 1.76 bits per heavy atom. The average molecular weight is 234 g/mol. The van der Waals surface area contributed by atoms with Crippen molar-refractivity contribution in [2.45, 2.75) is 25.5 Å². The van der Waals surface area contributed by atoms with Crippen LogP contribution in [0.25, 0.3) is 0 Å². The Morgan fingerprint density at radius 1 is 1.12 bits per heavy atom. The number of piperazine rings is 1. The minimum atomic E-state index is 0.00966. The minimum absolute atomic E-state index is 0.00966. The lowest BCUT2D eigenvalue weighted by Crippen LogP contribution is -2.47. The maximum Gasteiger partial charge on any atom is 0.225 e. The molecule has 2 fully saturated rings. The standard InChI is InChI=1S/C12H18N4O/c17-9-10-7-13-12(14-8-10)16-5-3-15(4-6-16)11-1-2-11/h7-8,11,17H,1-6,9H2. The molecule has 17 heavy (non-hydrogen) atoms. The van der Waals surface area contributed by atoms with Gasteiger partial charge < -0.3 is 10.0 Å². The van der Waals surface area contributed by atoms with Crippen LogP contribution < -0.4 is 4.90 Å². The van der Waals surface area contributed by atoms with E-state index < -0.39 is 0 Å². The normalized spacial score (nSPS) is 21.8. The molecule has 1 aromatic heterocycles. The Balaban J connectivity index is 1.60. The number of rotatable bonds is 3. The predicted molar refractivity (Wildman–Crippen MR) is 64.8 cm³/mol. The van der Waals surface area contributed by atoms with Gasteiger partial charge in [0.15, 0.2) is 0 Å². The molecule has 0 aromatic carbocycles. The molecule has 0 amide bonds. The van der Waals surface area contributed by atoms with Gasteiger partial charge in [0, 0.05) is 50.2 Å². The average Bonchev–Trinajstić information content (AvgIpc) is 3.24. The number of nitrogens with zero attached hydrogens (tertiary/aromatic N) is 4. The Morgan fingerprint density at radius 3 is 2.29 bits per heavy atom. The molecule has 5 nitrogen and oxygen atoms in total. The second kappa shape index (κ2) is 4.58. The molecular formula is C12H18N4O. The lowest BCUT2D eigenvalue weighted by Gasteiger charge is -2.34. The van der Waals surface area contributed by atoms with Crippen molar-refractivity contribution >= 4 is 5.95 Å². The van der Waals surface area contributed by atoms with Crippen LogP contribution in [-0.2, 0) is 6.61 Å². The Hall–Kier alpha value is -1.20. The summed E-state index contributed by atoms with van der Waals surface area (Å²) in [5.74, 6) is 0.789. The molecular weight excluding hydrogens is 216 g/mol. The first-order chi connectivity index (χ1) is 8.36. The van der Waals surface area contributed by atoms with Crippen molar-refractivity contribution < 1.29 is 5.11 Å². The van der Waals surface area contributed by atoms with Gasteiger partial charge in [-0.1, -0.05) is 0 Å². The van der Waals surface area contributed by atoms with E-state index in [2.05, 4.69) is 19.8 Å². The third-order valence-electron chi connectivity index (χ3n) is 3.53. The van der Waals surface area contributed by atoms with Crippen LogP contribution in [0.5, 0.6) is 0 Å². The number of aliphatic hydroxyl groups is 1. The van der Waals surface area contributed by atoms with Crippen LogP contribution in [0, 0.1) is 0 Å². The highest BCUT2D eigenvalue weighted by Gasteiger charge is 2.31. The zero-order valence-electron chi connectivity index (χ0n) is 9.92. The lowest BCUT2D eigenvalue weighted by atomic mass is 10.3. The summed E-state index contributed by atoms with van der Waals surface area (Å²) in [5.41, 5.74) is 0.769. The van der Waals surface area contributed by atoms with Crippen LogP contribution in [0.3, 0.4) is 0 Å². The van der Waals surface area contributed by atoms with Crippen molar-refractivity contribution in [3.05, 3.63) is 18.0 Å². The molecule has 1 aromatic rings. The lowest BCUT2D eigenvalue weighted by molar-refractivity contribution is 0.247. The van der Waals surface area contributed by atoms with Crippen LogP contribution in [0.4, 0.5) is 5.95 Å². The molecule has 0 unspecified atom stereocenters. The van der Waals surface area contributed by atoms with Crippen LogP contribution in [0.15, 0.2) is 12.4 Å². The first kappa shape index (κ1) is 10.9. The van der Waals surface area contributed by atoms with Crippen molar-refractivity contribution in [2.75, 3.05) is 31.1 Å². The largest absolute Gasteiger partial charge is 0.392 e. The highest BCUT2D eigenvalue weighted by atomic mass is 16.3. The van der Waals surface area contributed by atoms with Crippen molar-refractivity contribution in [3.63, 3.8) is 0 Å². The van der Waals surface area contributed by atoms with E-state index in [4.69, 9.17) is 5.11 Å². The molecule has 92 valence electrons. The Kier molecular flexibility index (Phi) is 2.94. The first-order valence-corrected chi connectivity index (χ1v) is 6.27. The summed E-state index contributed by atoms with van der Waals surface area (Å²) in [5, 5.41) is 8.94. The predicted octanol–water partition coefficient (Wildman–Crippen LogP) is 0.253. The minimum Gasteiger partial charge on any atom is -0.392 e. The van der Waals surface area contributed by atoms with Crippen molar-refractivity contribution in [1.29, 1.82) is 0 Å². The fourth-order valence-corrected chi connectivity index (χ4v) is 2.32. The molecule has 0 bridgehead atoms. The van der Waals surface area contributed by atoms with Gasteiger partial charge in [0.25, 0.3) is 0 Å². The van der Waals surface area contributed by atoms with Gasteiger partial charge in [0.05, 0.1) is 6.61 Å². The quantitative estimate of drug-likeness (QED) is 0.812. The van der Waals surface area contributed by atoms with E-state index in [-0.39, 0.29) is 6.61 Å². The highest BCUT2D eigenvalue weighted by Crippen LogP contribution is 2.27.